The number of nitrogen functional groups attached to an aromatic ring is 1. The van der Waals surface area contributed by atoms with Crippen LogP contribution >= 0.6 is 0 Å². The van der Waals surface area contributed by atoms with Gasteiger partial charge in [-0.2, -0.15) is 9.97 Å². The molecule has 1 saturated heterocycles. The highest BCUT2D eigenvalue weighted by molar-refractivity contribution is 5.91. The molecule has 0 saturated carbocycles. The van der Waals surface area contributed by atoms with Crippen molar-refractivity contribution in [3.05, 3.63) is 41.0 Å². The molecule has 2 aliphatic heterocycles. The average Bonchev–Trinajstić information content (AvgIpc) is 3.20. The van der Waals surface area contributed by atoms with Gasteiger partial charge in [-0.1, -0.05) is 31.2 Å². The third-order valence-corrected chi connectivity index (χ3v) is 5.44. The van der Waals surface area contributed by atoms with E-state index in [4.69, 9.17) is 10.5 Å². The van der Waals surface area contributed by atoms with Crippen molar-refractivity contribution >= 4 is 17.4 Å². The van der Waals surface area contributed by atoms with Gasteiger partial charge in [0.1, 0.15) is 11.6 Å². The first kappa shape index (κ1) is 19.6. The Balaban J connectivity index is 1.56. The quantitative estimate of drug-likeness (QED) is 0.771. The van der Waals surface area contributed by atoms with Crippen molar-refractivity contribution in [3.63, 3.8) is 0 Å². The smallest absolute Gasteiger partial charge is 0.320 e. The maximum Gasteiger partial charge on any atom is 0.320 e. The lowest BCUT2D eigenvalue weighted by atomic mass is 10.0. The highest BCUT2D eigenvalue weighted by Gasteiger charge is 2.27. The van der Waals surface area contributed by atoms with Gasteiger partial charge in [-0.3, -0.25) is 9.69 Å². The van der Waals surface area contributed by atoms with Crippen LogP contribution in [-0.4, -0.2) is 46.9 Å². The Morgan fingerprint density at radius 3 is 2.66 bits per heavy atom. The van der Waals surface area contributed by atoms with E-state index in [1.165, 1.54) is 31.5 Å². The molecule has 0 unspecified atom stereocenters. The van der Waals surface area contributed by atoms with Gasteiger partial charge in [-0.15, -0.1) is 0 Å². The number of carbonyl (C=O) groups excluding carboxylic acids is 1. The van der Waals surface area contributed by atoms with Crippen molar-refractivity contribution in [1.29, 1.82) is 0 Å². The summed E-state index contributed by atoms with van der Waals surface area (Å²) in [6.45, 7) is 6.83. The number of likely N-dealkylation sites (tertiary alicyclic amines) is 1. The highest BCUT2D eigenvalue weighted by atomic mass is 16.5. The number of ether oxygens (including phenoxy) is 1. The summed E-state index contributed by atoms with van der Waals surface area (Å²) < 4.78 is 5.60. The van der Waals surface area contributed by atoms with Gasteiger partial charge in [0.25, 0.3) is 0 Å². The predicted octanol–water partition coefficient (Wildman–Crippen LogP) is 2.58. The lowest BCUT2D eigenvalue weighted by molar-refractivity contribution is -0.117. The third-order valence-electron chi connectivity index (χ3n) is 5.44. The second-order valence-electron chi connectivity index (χ2n) is 7.92. The summed E-state index contributed by atoms with van der Waals surface area (Å²) >= 11 is 0. The van der Waals surface area contributed by atoms with E-state index in [1.54, 1.807) is 0 Å². The highest BCUT2D eigenvalue weighted by Crippen LogP contribution is 2.30. The van der Waals surface area contributed by atoms with Gasteiger partial charge in [0.05, 0.1) is 13.2 Å². The summed E-state index contributed by atoms with van der Waals surface area (Å²) in [5, 5.41) is 0. The maximum absolute atomic E-state index is 12.3. The number of fused-ring (bicyclic) bond motifs is 1. The van der Waals surface area contributed by atoms with Crippen molar-refractivity contribution in [3.8, 4) is 6.01 Å². The molecule has 0 spiro atoms. The van der Waals surface area contributed by atoms with Gasteiger partial charge in [0.15, 0.2) is 5.78 Å². The maximum atomic E-state index is 12.3. The monoisotopic (exact) mass is 395 g/mol. The Kier molecular flexibility index (Phi) is 5.94. The predicted molar refractivity (Wildman–Crippen MR) is 113 cm³/mol. The second kappa shape index (κ2) is 8.78. The first-order valence-corrected chi connectivity index (χ1v) is 10.5. The molecule has 29 heavy (non-hydrogen) atoms. The van der Waals surface area contributed by atoms with Crippen LogP contribution in [0.4, 0.5) is 11.6 Å². The third kappa shape index (κ3) is 4.67. The number of hydrogen-bond donors (Lipinski definition) is 1. The molecule has 154 valence electrons. The SMILES string of the molecule is CCCOc1nc(N)c2c(n1)N(Cc1cccc(CN3CCCC3)c1)CC(=O)C2. The van der Waals surface area contributed by atoms with Crippen LogP contribution in [0.15, 0.2) is 24.3 Å². The Labute approximate surface area is 171 Å². The standard InChI is InChI=1S/C22H29N5O2/c1-2-10-29-22-24-20(23)19-12-18(28)15-27(21(19)25-22)14-17-7-5-6-16(11-17)13-26-8-3-4-9-26/h5-7,11H,2-4,8-10,12-15H2,1H3,(H2,23,24,25). The Bertz CT molecular complexity index is 880. The topological polar surface area (TPSA) is 84.6 Å². The zero-order valence-electron chi connectivity index (χ0n) is 17.1. The van der Waals surface area contributed by atoms with Crippen molar-refractivity contribution in [2.24, 2.45) is 0 Å². The van der Waals surface area contributed by atoms with Crippen LogP contribution < -0.4 is 15.4 Å². The molecule has 2 aromatic rings. The molecule has 2 aliphatic rings. The molecule has 7 heteroatoms. The number of anilines is 2. The molecule has 0 bridgehead atoms. The van der Waals surface area contributed by atoms with Crippen LogP contribution in [0.5, 0.6) is 6.01 Å². The first-order valence-electron chi connectivity index (χ1n) is 10.5. The molecule has 4 rings (SSSR count). The number of aromatic nitrogens is 2. The molecular weight excluding hydrogens is 366 g/mol. The van der Waals surface area contributed by atoms with Crippen molar-refractivity contribution in [1.82, 2.24) is 14.9 Å². The van der Waals surface area contributed by atoms with Crippen molar-refractivity contribution < 1.29 is 9.53 Å². The molecule has 0 atom stereocenters. The van der Waals surface area contributed by atoms with Crippen molar-refractivity contribution in [2.75, 3.05) is 36.9 Å². The lowest BCUT2D eigenvalue weighted by Gasteiger charge is -2.30. The van der Waals surface area contributed by atoms with E-state index in [2.05, 4.69) is 39.1 Å². The molecular formula is C22H29N5O2. The van der Waals surface area contributed by atoms with Gasteiger partial charge in [-0.25, -0.2) is 0 Å². The number of rotatable bonds is 7. The minimum Gasteiger partial charge on any atom is -0.463 e. The fourth-order valence-corrected chi connectivity index (χ4v) is 4.07. The molecule has 7 nitrogen and oxygen atoms in total. The normalized spacial score (nSPS) is 16.9. The number of carbonyl (C=O) groups is 1. The van der Waals surface area contributed by atoms with Crippen LogP contribution in [0.2, 0.25) is 0 Å². The number of Topliss-reactive ketones (excluding diaryl/α,β-unsaturated/α-hetero) is 1. The Hall–Kier alpha value is -2.67. The van der Waals surface area contributed by atoms with E-state index in [9.17, 15) is 4.79 Å². The Morgan fingerprint density at radius 2 is 1.90 bits per heavy atom. The van der Waals surface area contributed by atoms with Gasteiger partial charge in [0, 0.05) is 25.1 Å². The van der Waals surface area contributed by atoms with Crippen LogP contribution in [0.3, 0.4) is 0 Å². The summed E-state index contributed by atoms with van der Waals surface area (Å²) in [6, 6.07) is 8.89. The van der Waals surface area contributed by atoms with E-state index >= 15 is 0 Å². The minimum atomic E-state index is 0.128. The number of nitrogens with zero attached hydrogens (tertiary/aromatic N) is 4. The van der Waals surface area contributed by atoms with Gasteiger partial charge >= 0.3 is 6.01 Å². The molecule has 1 fully saturated rings. The molecule has 1 aromatic carbocycles. The zero-order chi connectivity index (χ0) is 20.2. The molecule has 0 aliphatic carbocycles. The summed E-state index contributed by atoms with van der Waals surface area (Å²) in [5.74, 6) is 1.18. The summed E-state index contributed by atoms with van der Waals surface area (Å²) in [6.07, 6.45) is 3.72. The molecule has 3 heterocycles. The number of ketones is 1. The average molecular weight is 396 g/mol. The number of hydrogen-bond acceptors (Lipinski definition) is 7. The first-order chi connectivity index (χ1) is 14.1. The van der Waals surface area contributed by atoms with Gasteiger partial charge in [0.2, 0.25) is 0 Å². The Morgan fingerprint density at radius 1 is 1.14 bits per heavy atom. The van der Waals surface area contributed by atoms with Crippen LogP contribution in [0, 0.1) is 0 Å². The van der Waals surface area contributed by atoms with E-state index in [0.29, 0.717) is 36.9 Å². The van der Waals surface area contributed by atoms with Gasteiger partial charge < -0.3 is 15.4 Å². The van der Waals surface area contributed by atoms with E-state index in [-0.39, 0.29) is 18.2 Å². The van der Waals surface area contributed by atoms with Crippen molar-refractivity contribution in [2.45, 2.75) is 45.7 Å². The van der Waals surface area contributed by atoms with E-state index < -0.39 is 0 Å². The molecule has 2 N–H and O–H groups in total. The summed E-state index contributed by atoms with van der Waals surface area (Å²) in [4.78, 5) is 25.6. The minimum absolute atomic E-state index is 0.128. The van der Waals surface area contributed by atoms with E-state index in [1.807, 2.05) is 11.8 Å². The second-order valence-corrected chi connectivity index (χ2v) is 7.92. The molecule has 1 aromatic heterocycles. The largest absolute Gasteiger partial charge is 0.463 e. The fraction of sp³-hybridized carbons (Fsp3) is 0.500. The molecule has 0 radical (unpaired) electrons. The number of nitrogens with two attached hydrogens (primary N) is 1. The lowest BCUT2D eigenvalue weighted by Crippen LogP contribution is -2.36. The summed E-state index contributed by atoms with van der Waals surface area (Å²) in [5.41, 5.74) is 9.31. The zero-order valence-corrected chi connectivity index (χ0v) is 17.1. The number of benzene rings is 1. The van der Waals surface area contributed by atoms with Crippen LogP contribution in [-0.2, 0) is 24.3 Å². The fourth-order valence-electron chi connectivity index (χ4n) is 4.07. The van der Waals surface area contributed by atoms with Crippen LogP contribution in [0.25, 0.3) is 0 Å². The molecule has 0 amide bonds. The van der Waals surface area contributed by atoms with Gasteiger partial charge in [-0.05, 0) is 43.5 Å². The van der Waals surface area contributed by atoms with Crippen LogP contribution in [0.1, 0.15) is 42.9 Å². The van der Waals surface area contributed by atoms with E-state index in [0.717, 1.165) is 18.5 Å². The summed E-state index contributed by atoms with van der Waals surface area (Å²) in [7, 11) is 0.